The van der Waals surface area contributed by atoms with E-state index < -0.39 is 0 Å². The number of nitrogens with one attached hydrogen (secondary N) is 2. The van der Waals surface area contributed by atoms with Crippen molar-refractivity contribution in [2.75, 3.05) is 37.4 Å². The van der Waals surface area contributed by atoms with Crippen molar-refractivity contribution in [1.82, 2.24) is 19.9 Å². The summed E-state index contributed by atoms with van der Waals surface area (Å²) < 4.78 is 20.5. The molecule has 3 aromatic heterocycles. The van der Waals surface area contributed by atoms with Crippen LogP contribution >= 0.6 is 0 Å². The number of amidine groups is 1. The molecule has 1 saturated carbocycles. The monoisotopic (exact) mass is 489 g/mol. The first-order chi connectivity index (χ1) is 17.5. The third-order valence-electron chi connectivity index (χ3n) is 6.86. The maximum Gasteiger partial charge on any atom is 0.326 e. The number of hydrogen-bond acceptors (Lipinski definition) is 9. The van der Waals surface area contributed by atoms with Crippen LogP contribution in [0.4, 0.5) is 15.9 Å². The molecular weight excluding hydrogens is 465 g/mol. The van der Waals surface area contributed by atoms with E-state index in [1.54, 1.807) is 26.4 Å². The molecule has 0 radical (unpaired) electrons. The van der Waals surface area contributed by atoms with Crippen LogP contribution in [0.3, 0.4) is 0 Å². The van der Waals surface area contributed by atoms with Crippen LogP contribution in [0.2, 0.25) is 0 Å². The number of nitrogens with two attached hydrogens (primary N) is 2. The van der Waals surface area contributed by atoms with Gasteiger partial charge in [0.2, 0.25) is 0 Å². The molecule has 2 unspecified atom stereocenters. The second kappa shape index (κ2) is 8.37. The number of pyridine rings is 1. The van der Waals surface area contributed by atoms with Gasteiger partial charge in [0.1, 0.15) is 23.0 Å². The average Bonchev–Trinajstić information content (AvgIpc) is 3.20. The number of piperidine rings is 1. The van der Waals surface area contributed by atoms with E-state index >= 15 is 0 Å². The standard InChI is InChI=1S/C23H24FN11O/c1-27-16-5-11(24)4-13-17-21(30-19(13)16)31-23(32-22(17)35-8-14-15(9-35)18(14)25)36-12-3-10(6-29-7-12)20(28-2)33-34-26/h3-7,14-15,18,27H,8-9,25H2,1-2H3,(H2,26,28,33)(H,30,31,32). The molecule has 4 aromatic rings. The van der Waals surface area contributed by atoms with Gasteiger partial charge < -0.3 is 31.5 Å². The van der Waals surface area contributed by atoms with E-state index in [-0.39, 0.29) is 17.9 Å². The van der Waals surface area contributed by atoms with E-state index in [9.17, 15) is 4.39 Å². The molecule has 1 aliphatic carbocycles. The van der Waals surface area contributed by atoms with E-state index in [4.69, 9.17) is 21.3 Å². The minimum Gasteiger partial charge on any atom is -0.423 e. The van der Waals surface area contributed by atoms with Gasteiger partial charge in [-0.05, 0) is 30.0 Å². The predicted molar refractivity (Wildman–Crippen MR) is 134 cm³/mol. The number of aliphatic imine (C=N–C) groups is 1. The Morgan fingerprint density at radius 3 is 2.75 bits per heavy atom. The van der Waals surface area contributed by atoms with Crippen molar-refractivity contribution in [3.63, 3.8) is 0 Å². The fourth-order valence-electron chi connectivity index (χ4n) is 5.03. The molecule has 12 nitrogen and oxygen atoms in total. The number of ether oxygens (including phenoxy) is 1. The lowest BCUT2D eigenvalue weighted by molar-refractivity contribution is 0.442. The zero-order chi connectivity index (χ0) is 25.0. The molecule has 1 aromatic carbocycles. The van der Waals surface area contributed by atoms with Crippen molar-refractivity contribution in [3.05, 3.63) is 42.0 Å². The average molecular weight is 490 g/mol. The van der Waals surface area contributed by atoms with Crippen LogP contribution in [0.5, 0.6) is 11.8 Å². The zero-order valence-corrected chi connectivity index (χ0v) is 19.6. The second-order valence-electron chi connectivity index (χ2n) is 8.89. The van der Waals surface area contributed by atoms with Gasteiger partial charge in [-0.25, -0.2) is 4.39 Å². The molecule has 0 bridgehead atoms. The van der Waals surface area contributed by atoms with Crippen molar-refractivity contribution in [2.24, 2.45) is 38.7 Å². The Morgan fingerprint density at radius 1 is 1.22 bits per heavy atom. The Hall–Kier alpha value is -4.39. The smallest absolute Gasteiger partial charge is 0.326 e. The minimum absolute atomic E-state index is 0.120. The van der Waals surface area contributed by atoms with Gasteiger partial charge in [0.15, 0.2) is 5.84 Å². The summed E-state index contributed by atoms with van der Waals surface area (Å²) in [6.45, 7) is 1.55. The predicted octanol–water partition coefficient (Wildman–Crippen LogP) is 2.57. The highest BCUT2D eigenvalue weighted by Crippen LogP contribution is 2.47. The lowest BCUT2D eigenvalue weighted by Gasteiger charge is -2.21. The summed E-state index contributed by atoms with van der Waals surface area (Å²) >= 11 is 0. The van der Waals surface area contributed by atoms with Crippen LogP contribution in [-0.2, 0) is 0 Å². The molecule has 13 heteroatoms. The Bertz CT molecular complexity index is 1540. The van der Waals surface area contributed by atoms with Crippen molar-refractivity contribution in [2.45, 2.75) is 6.04 Å². The maximum atomic E-state index is 14.5. The second-order valence-corrected chi connectivity index (χ2v) is 8.89. The SMILES string of the molecule is CN=C(N=NN)c1cncc(Oc2nc(N3CC4C(N)C4C3)c3c(n2)[nH]c2c(NC)cc(F)cc23)c1. The number of nitrogens with zero attached hydrogens (tertiary/aromatic N) is 7. The van der Waals surface area contributed by atoms with Crippen LogP contribution in [0.1, 0.15) is 5.56 Å². The zero-order valence-electron chi connectivity index (χ0n) is 19.6. The first-order valence-corrected chi connectivity index (χ1v) is 11.4. The normalized spacial score (nSPS) is 21.5. The van der Waals surface area contributed by atoms with Crippen LogP contribution in [0.15, 0.2) is 45.9 Å². The summed E-state index contributed by atoms with van der Waals surface area (Å²) in [5, 5.41) is 11.6. The number of H-pyrrole nitrogens is 1. The largest absolute Gasteiger partial charge is 0.423 e. The highest BCUT2D eigenvalue weighted by atomic mass is 19.1. The van der Waals surface area contributed by atoms with Crippen molar-refractivity contribution >= 4 is 39.3 Å². The molecule has 36 heavy (non-hydrogen) atoms. The molecule has 4 heterocycles. The lowest BCUT2D eigenvalue weighted by atomic mass is 10.1. The van der Waals surface area contributed by atoms with Gasteiger partial charge in [-0.2, -0.15) is 9.97 Å². The highest BCUT2D eigenvalue weighted by molar-refractivity contribution is 6.14. The molecule has 184 valence electrons. The molecule has 0 amide bonds. The number of anilines is 2. The number of benzene rings is 1. The maximum absolute atomic E-state index is 14.5. The molecule has 0 spiro atoms. The van der Waals surface area contributed by atoms with Crippen LogP contribution in [0.25, 0.3) is 21.9 Å². The van der Waals surface area contributed by atoms with E-state index in [1.165, 1.54) is 18.3 Å². The molecule has 2 fully saturated rings. The highest BCUT2D eigenvalue weighted by Gasteiger charge is 2.54. The topological polar surface area (TPSA) is 168 Å². The van der Waals surface area contributed by atoms with Crippen LogP contribution in [-0.4, -0.2) is 59.0 Å². The third-order valence-corrected chi connectivity index (χ3v) is 6.86. The van der Waals surface area contributed by atoms with E-state index in [2.05, 4.69) is 40.5 Å². The van der Waals surface area contributed by atoms with Crippen molar-refractivity contribution < 1.29 is 9.13 Å². The summed E-state index contributed by atoms with van der Waals surface area (Å²) in [6.07, 6.45) is 3.11. The number of aromatic amines is 1. The summed E-state index contributed by atoms with van der Waals surface area (Å²) in [5.74, 6) is 7.05. The van der Waals surface area contributed by atoms with E-state index in [0.29, 0.717) is 51.5 Å². The fraction of sp³-hybridized carbons (Fsp3) is 0.304. The number of halogens is 1. The Labute approximate surface area is 204 Å². The van der Waals surface area contributed by atoms with Gasteiger partial charge in [-0.15, -0.1) is 5.11 Å². The van der Waals surface area contributed by atoms with Crippen LogP contribution < -0.4 is 26.5 Å². The first kappa shape index (κ1) is 22.1. The van der Waals surface area contributed by atoms with Crippen molar-refractivity contribution in [3.8, 4) is 11.8 Å². The minimum atomic E-state index is -0.351. The van der Waals surface area contributed by atoms with Gasteiger partial charge >= 0.3 is 6.01 Å². The molecule has 6 rings (SSSR count). The molecular formula is C23H24FN11O. The quantitative estimate of drug-likeness (QED) is 0.109. The summed E-state index contributed by atoms with van der Waals surface area (Å²) in [5.41, 5.74) is 8.64. The molecule has 1 saturated heterocycles. The van der Waals surface area contributed by atoms with E-state index in [0.717, 1.165) is 24.0 Å². The summed E-state index contributed by atoms with van der Waals surface area (Å²) in [6, 6.07) is 4.97. The Kier molecular flexibility index (Phi) is 5.14. The number of rotatable bonds is 5. The Morgan fingerprint density at radius 2 is 2.03 bits per heavy atom. The summed E-state index contributed by atoms with van der Waals surface area (Å²) in [4.78, 5) is 23.1. The molecule has 2 aliphatic rings. The lowest BCUT2D eigenvalue weighted by Crippen LogP contribution is -2.29. The number of fused-ring (bicyclic) bond motifs is 4. The fourth-order valence-corrected chi connectivity index (χ4v) is 5.03. The first-order valence-electron chi connectivity index (χ1n) is 11.4. The Balaban J connectivity index is 1.46. The van der Waals surface area contributed by atoms with Gasteiger partial charge in [0.25, 0.3) is 0 Å². The molecule has 6 N–H and O–H groups in total. The van der Waals surface area contributed by atoms with E-state index in [1.807, 2.05) is 0 Å². The molecule has 1 aliphatic heterocycles. The van der Waals surface area contributed by atoms with Gasteiger partial charge in [0.05, 0.1) is 22.8 Å². The number of hydrogen-bond donors (Lipinski definition) is 4. The van der Waals surface area contributed by atoms with Crippen LogP contribution in [0, 0.1) is 17.7 Å². The van der Waals surface area contributed by atoms with Gasteiger partial charge in [0, 0.05) is 50.4 Å². The molecule has 2 atom stereocenters. The summed E-state index contributed by atoms with van der Waals surface area (Å²) in [7, 11) is 3.32. The number of aromatic nitrogens is 4. The third kappa shape index (κ3) is 3.55. The van der Waals surface area contributed by atoms with Gasteiger partial charge in [-0.3, -0.25) is 9.98 Å². The van der Waals surface area contributed by atoms with Gasteiger partial charge in [-0.1, -0.05) is 5.22 Å². The van der Waals surface area contributed by atoms with Crippen molar-refractivity contribution in [1.29, 1.82) is 0 Å².